The molecule has 0 saturated heterocycles. The van der Waals surface area contributed by atoms with Crippen molar-refractivity contribution in [3.8, 4) is 11.4 Å². The molecule has 36 heavy (non-hydrogen) atoms. The number of unbranched alkanes of at least 4 members (excludes halogenated alkanes) is 1. The number of anilines is 1. The third kappa shape index (κ3) is 5.18. The first kappa shape index (κ1) is 25.9. The molecule has 4 aromatic rings. The molecule has 1 heterocycles. The number of carboxylic acid groups (broad SMARTS) is 1. The van der Waals surface area contributed by atoms with Gasteiger partial charge in [0, 0.05) is 27.9 Å². The number of halogens is 2. The summed E-state index contributed by atoms with van der Waals surface area (Å²) in [5.74, 6) is -0.447. The van der Waals surface area contributed by atoms with E-state index in [1.54, 1.807) is 43.3 Å². The van der Waals surface area contributed by atoms with Gasteiger partial charge in [-0.3, -0.25) is 4.31 Å². The standard InChI is InChI=1S/C25H23Cl2N3O5S/c1-3-4-7-23(25(31)32)30(36(33,34)20-13-18(26)12-19(27)14-20)22-8-5-6-16-11-17(9-10-21(16)22)24-28-15(2)35-29-24/h5-6,8-14,23H,3-4,7H2,1-2H3,(H,31,32). The summed E-state index contributed by atoms with van der Waals surface area (Å²) >= 11 is 12.2. The van der Waals surface area contributed by atoms with Crippen LogP contribution in [0.2, 0.25) is 10.0 Å². The van der Waals surface area contributed by atoms with Crippen LogP contribution in [0.1, 0.15) is 32.1 Å². The van der Waals surface area contributed by atoms with Crippen LogP contribution < -0.4 is 4.31 Å². The lowest BCUT2D eigenvalue weighted by molar-refractivity contribution is -0.138. The first-order chi connectivity index (χ1) is 17.1. The summed E-state index contributed by atoms with van der Waals surface area (Å²) in [5, 5.41) is 15.5. The van der Waals surface area contributed by atoms with E-state index in [4.69, 9.17) is 27.7 Å². The lowest BCUT2D eigenvalue weighted by atomic mass is 10.0. The van der Waals surface area contributed by atoms with Crippen LogP contribution in [0.25, 0.3) is 22.2 Å². The zero-order valence-corrected chi connectivity index (χ0v) is 21.8. The van der Waals surface area contributed by atoms with Gasteiger partial charge in [0.25, 0.3) is 10.0 Å². The first-order valence-electron chi connectivity index (χ1n) is 11.2. The van der Waals surface area contributed by atoms with Crippen molar-refractivity contribution >= 4 is 55.7 Å². The second-order valence-corrected chi connectivity index (χ2v) is 10.9. The van der Waals surface area contributed by atoms with Gasteiger partial charge in [-0.2, -0.15) is 4.98 Å². The molecule has 188 valence electrons. The van der Waals surface area contributed by atoms with E-state index >= 15 is 0 Å². The van der Waals surface area contributed by atoms with Gasteiger partial charge in [0.2, 0.25) is 11.7 Å². The van der Waals surface area contributed by atoms with E-state index in [2.05, 4.69) is 10.1 Å². The summed E-state index contributed by atoms with van der Waals surface area (Å²) in [5.41, 5.74) is 0.899. The normalized spacial score (nSPS) is 12.6. The van der Waals surface area contributed by atoms with Crippen molar-refractivity contribution in [3.05, 3.63) is 70.5 Å². The van der Waals surface area contributed by atoms with Gasteiger partial charge in [-0.05, 0) is 42.1 Å². The fourth-order valence-electron chi connectivity index (χ4n) is 4.01. The molecule has 4 rings (SSSR count). The number of aliphatic carboxylic acids is 1. The van der Waals surface area contributed by atoms with E-state index in [1.165, 1.54) is 18.2 Å². The quantitative estimate of drug-likeness (QED) is 0.260. The maximum Gasteiger partial charge on any atom is 0.327 e. The molecule has 3 aromatic carbocycles. The van der Waals surface area contributed by atoms with Crippen molar-refractivity contribution in [3.63, 3.8) is 0 Å². The number of sulfonamides is 1. The molecule has 0 aliphatic rings. The van der Waals surface area contributed by atoms with Gasteiger partial charge in [-0.1, -0.05) is 72.4 Å². The Morgan fingerprint density at radius 3 is 2.44 bits per heavy atom. The molecule has 1 N–H and O–H groups in total. The molecule has 1 unspecified atom stereocenters. The van der Waals surface area contributed by atoms with Gasteiger partial charge < -0.3 is 9.63 Å². The minimum atomic E-state index is -4.38. The third-order valence-electron chi connectivity index (χ3n) is 5.67. The second-order valence-electron chi connectivity index (χ2n) is 8.25. The van der Waals surface area contributed by atoms with E-state index in [0.717, 1.165) is 4.31 Å². The second kappa shape index (κ2) is 10.5. The van der Waals surface area contributed by atoms with Crippen molar-refractivity contribution < 1.29 is 22.8 Å². The monoisotopic (exact) mass is 547 g/mol. The average molecular weight is 548 g/mol. The molecule has 1 aromatic heterocycles. The first-order valence-corrected chi connectivity index (χ1v) is 13.4. The highest BCUT2D eigenvalue weighted by Gasteiger charge is 2.37. The van der Waals surface area contributed by atoms with Gasteiger partial charge >= 0.3 is 5.97 Å². The van der Waals surface area contributed by atoms with Crippen LogP contribution in [0.4, 0.5) is 5.69 Å². The van der Waals surface area contributed by atoms with Crippen molar-refractivity contribution in [1.82, 2.24) is 10.1 Å². The van der Waals surface area contributed by atoms with Gasteiger partial charge in [0.15, 0.2) is 0 Å². The number of carbonyl (C=O) groups is 1. The molecule has 0 aliphatic carbocycles. The Labute approximate surface area is 218 Å². The van der Waals surface area contributed by atoms with E-state index < -0.39 is 22.0 Å². The molecule has 0 radical (unpaired) electrons. The van der Waals surface area contributed by atoms with Crippen LogP contribution in [-0.4, -0.2) is 35.7 Å². The molecule has 11 heteroatoms. The number of aromatic nitrogens is 2. The number of fused-ring (bicyclic) bond motifs is 1. The maximum atomic E-state index is 14.0. The molecule has 0 amide bonds. The largest absolute Gasteiger partial charge is 0.480 e. The van der Waals surface area contributed by atoms with E-state index in [0.29, 0.717) is 40.9 Å². The van der Waals surface area contributed by atoms with Crippen molar-refractivity contribution in [1.29, 1.82) is 0 Å². The lowest BCUT2D eigenvalue weighted by Gasteiger charge is -2.31. The fraction of sp³-hybridized carbons (Fsp3) is 0.240. The number of benzene rings is 3. The van der Waals surface area contributed by atoms with Crippen molar-refractivity contribution in [2.24, 2.45) is 0 Å². The summed E-state index contributed by atoms with van der Waals surface area (Å²) < 4.78 is 34.0. The molecule has 0 spiro atoms. The molecule has 0 saturated carbocycles. The number of rotatable bonds is 9. The Kier molecular flexibility index (Phi) is 7.54. The highest BCUT2D eigenvalue weighted by Crippen LogP contribution is 2.36. The molecule has 0 fully saturated rings. The van der Waals surface area contributed by atoms with Crippen LogP contribution in [0.5, 0.6) is 0 Å². The number of carboxylic acids is 1. The zero-order valence-electron chi connectivity index (χ0n) is 19.5. The highest BCUT2D eigenvalue weighted by molar-refractivity contribution is 7.93. The Morgan fingerprint density at radius 2 is 1.83 bits per heavy atom. The minimum absolute atomic E-state index is 0.121. The summed E-state index contributed by atoms with van der Waals surface area (Å²) in [7, 11) is -4.38. The van der Waals surface area contributed by atoms with Crippen molar-refractivity contribution in [2.45, 2.75) is 44.0 Å². The van der Waals surface area contributed by atoms with Crippen LogP contribution >= 0.6 is 23.2 Å². The van der Waals surface area contributed by atoms with Gasteiger partial charge in [0.05, 0.1) is 10.6 Å². The highest BCUT2D eigenvalue weighted by atomic mass is 35.5. The number of hydrogen-bond acceptors (Lipinski definition) is 6. The smallest absolute Gasteiger partial charge is 0.327 e. The number of hydrogen-bond donors (Lipinski definition) is 1. The lowest BCUT2D eigenvalue weighted by Crippen LogP contribution is -2.45. The maximum absolute atomic E-state index is 14.0. The topological polar surface area (TPSA) is 114 Å². The van der Waals surface area contributed by atoms with E-state index in [9.17, 15) is 18.3 Å². The minimum Gasteiger partial charge on any atom is -0.480 e. The third-order valence-corrected chi connectivity index (χ3v) is 7.91. The van der Waals surface area contributed by atoms with Crippen molar-refractivity contribution in [2.75, 3.05) is 4.31 Å². The predicted molar refractivity (Wildman–Crippen MR) is 139 cm³/mol. The molecule has 0 bridgehead atoms. The molecule has 0 aliphatic heterocycles. The van der Waals surface area contributed by atoms with Gasteiger partial charge in [0.1, 0.15) is 6.04 Å². The van der Waals surface area contributed by atoms with Crippen LogP contribution in [0.3, 0.4) is 0 Å². The van der Waals surface area contributed by atoms with Gasteiger partial charge in [-0.15, -0.1) is 0 Å². The van der Waals surface area contributed by atoms with E-state index in [-0.39, 0.29) is 27.0 Å². The zero-order chi connectivity index (χ0) is 26.0. The number of aryl methyl sites for hydroxylation is 1. The Hall–Kier alpha value is -3.14. The summed E-state index contributed by atoms with van der Waals surface area (Å²) in [6.07, 6.45) is 1.34. The van der Waals surface area contributed by atoms with Crippen LogP contribution in [0, 0.1) is 6.92 Å². The molecular formula is C25H23Cl2N3O5S. The molecule has 1 atom stereocenters. The Morgan fingerprint density at radius 1 is 1.11 bits per heavy atom. The summed E-state index contributed by atoms with van der Waals surface area (Å²) in [6.45, 7) is 3.59. The Balaban J connectivity index is 1.94. The Bertz CT molecular complexity index is 1520. The van der Waals surface area contributed by atoms with E-state index in [1.807, 2.05) is 6.92 Å². The average Bonchev–Trinajstić information content (AvgIpc) is 3.26. The van der Waals surface area contributed by atoms with Gasteiger partial charge in [-0.25, -0.2) is 13.2 Å². The SMILES string of the molecule is CCCCC(C(=O)O)N(c1cccc2cc(-c3noc(C)n3)ccc12)S(=O)(=O)c1cc(Cl)cc(Cl)c1. The van der Waals surface area contributed by atoms with Crippen LogP contribution in [-0.2, 0) is 14.8 Å². The predicted octanol–water partition coefficient (Wildman–Crippen LogP) is 6.34. The summed E-state index contributed by atoms with van der Waals surface area (Å²) in [4.78, 5) is 16.5. The molecule has 8 nitrogen and oxygen atoms in total. The number of nitrogens with zero attached hydrogens (tertiary/aromatic N) is 3. The summed E-state index contributed by atoms with van der Waals surface area (Å²) in [6, 6.07) is 12.9. The van der Waals surface area contributed by atoms with Crippen LogP contribution in [0.15, 0.2) is 64.0 Å². The molecular weight excluding hydrogens is 525 g/mol. The fourth-order valence-corrected chi connectivity index (χ4v) is 6.39.